The molecule has 3 rings (SSSR count). The highest BCUT2D eigenvalue weighted by Crippen LogP contribution is 2.29. The Morgan fingerprint density at radius 3 is 2.80 bits per heavy atom. The summed E-state index contributed by atoms with van der Waals surface area (Å²) in [6.45, 7) is 1.71. The molecule has 0 bridgehead atoms. The standard InChI is InChI=1S/C14H15Cl3N2O/c15-8-14-18-12-6-10(16)11(17)7-13(12)19(14)4-3-9-2-1-5-20-9/h6-7,9H,1-5,8H2. The van der Waals surface area contributed by atoms with E-state index in [9.17, 15) is 0 Å². The summed E-state index contributed by atoms with van der Waals surface area (Å²) in [7, 11) is 0. The molecular formula is C14H15Cl3N2O. The van der Waals surface area contributed by atoms with Crippen LogP contribution in [-0.4, -0.2) is 22.3 Å². The molecule has 20 heavy (non-hydrogen) atoms. The molecule has 0 N–H and O–H groups in total. The maximum Gasteiger partial charge on any atom is 0.124 e. The topological polar surface area (TPSA) is 27.1 Å². The van der Waals surface area contributed by atoms with Gasteiger partial charge in [0, 0.05) is 13.2 Å². The number of fused-ring (bicyclic) bond motifs is 1. The van der Waals surface area contributed by atoms with Crippen molar-refractivity contribution < 1.29 is 4.74 Å². The Bertz CT molecular complexity index is 620. The van der Waals surface area contributed by atoms with Crippen LogP contribution in [0.25, 0.3) is 11.0 Å². The molecule has 6 heteroatoms. The Labute approximate surface area is 132 Å². The van der Waals surface area contributed by atoms with Gasteiger partial charge in [-0.05, 0) is 31.4 Å². The second-order valence-corrected chi connectivity index (χ2v) is 6.07. The first kappa shape index (κ1) is 14.5. The zero-order valence-corrected chi connectivity index (χ0v) is 13.2. The Morgan fingerprint density at radius 1 is 1.30 bits per heavy atom. The molecule has 2 heterocycles. The van der Waals surface area contributed by atoms with Gasteiger partial charge < -0.3 is 9.30 Å². The maximum absolute atomic E-state index is 6.11. The van der Waals surface area contributed by atoms with Crippen molar-refractivity contribution in [1.29, 1.82) is 0 Å². The second-order valence-electron chi connectivity index (χ2n) is 4.99. The van der Waals surface area contributed by atoms with Crippen LogP contribution in [0.5, 0.6) is 0 Å². The summed E-state index contributed by atoms with van der Waals surface area (Å²) in [6.07, 6.45) is 3.60. The number of hydrogen-bond donors (Lipinski definition) is 0. The third-order valence-corrected chi connectivity index (χ3v) is 4.65. The van der Waals surface area contributed by atoms with Crippen LogP contribution >= 0.6 is 34.8 Å². The number of aryl methyl sites for hydroxylation is 1. The Hall–Kier alpha value is -0.480. The summed E-state index contributed by atoms with van der Waals surface area (Å²) in [4.78, 5) is 4.53. The van der Waals surface area contributed by atoms with Gasteiger partial charge in [-0.15, -0.1) is 11.6 Å². The maximum atomic E-state index is 6.11. The van der Waals surface area contributed by atoms with E-state index in [0.717, 1.165) is 49.3 Å². The summed E-state index contributed by atoms with van der Waals surface area (Å²) in [5.74, 6) is 1.22. The van der Waals surface area contributed by atoms with E-state index in [-0.39, 0.29) is 0 Å². The molecule has 108 valence electrons. The van der Waals surface area contributed by atoms with Gasteiger partial charge in [0.1, 0.15) is 5.82 Å². The van der Waals surface area contributed by atoms with Crippen molar-refractivity contribution in [2.24, 2.45) is 0 Å². The van der Waals surface area contributed by atoms with Gasteiger partial charge in [0.05, 0.1) is 33.1 Å². The molecule has 1 unspecified atom stereocenters. The zero-order valence-electron chi connectivity index (χ0n) is 10.9. The average molecular weight is 334 g/mol. The lowest BCUT2D eigenvalue weighted by Crippen LogP contribution is -2.11. The normalized spacial score (nSPS) is 19.1. The molecule has 1 aromatic heterocycles. The molecule has 1 atom stereocenters. The minimum Gasteiger partial charge on any atom is -0.378 e. The highest BCUT2D eigenvalue weighted by molar-refractivity contribution is 6.42. The molecule has 1 aliphatic heterocycles. The molecule has 1 saturated heterocycles. The molecule has 1 aromatic carbocycles. The largest absolute Gasteiger partial charge is 0.378 e. The van der Waals surface area contributed by atoms with Crippen molar-refractivity contribution in [2.45, 2.75) is 37.8 Å². The van der Waals surface area contributed by atoms with Gasteiger partial charge >= 0.3 is 0 Å². The summed E-state index contributed by atoms with van der Waals surface area (Å²) in [5, 5.41) is 1.06. The number of alkyl halides is 1. The predicted molar refractivity (Wildman–Crippen MR) is 82.9 cm³/mol. The number of benzene rings is 1. The highest BCUT2D eigenvalue weighted by Gasteiger charge is 2.18. The van der Waals surface area contributed by atoms with E-state index in [4.69, 9.17) is 39.5 Å². The number of ether oxygens (including phenoxy) is 1. The fourth-order valence-electron chi connectivity index (χ4n) is 2.67. The zero-order chi connectivity index (χ0) is 14.1. The van der Waals surface area contributed by atoms with Gasteiger partial charge in [-0.3, -0.25) is 0 Å². The minimum absolute atomic E-state index is 0.346. The molecule has 0 amide bonds. The number of halogens is 3. The van der Waals surface area contributed by atoms with E-state index < -0.39 is 0 Å². The van der Waals surface area contributed by atoms with Gasteiger partial charge in [0.15, 0.2) is 0 Å². The number of hydrogen-bond acceptors (Lipinski definition) is 2. The Kier molecular flexibility index (Phi) is 4.41. The molecule has 0 spiro atoms. The summed E-state index contributed by atoms with van der Waals surface area (Å²) in [5.41, 5.74) is 1.82. The van der Waals surface area contributed by atoms with Crippen molar-refractivity contribution >= 4 is 45.8 Å². The fraction of sp³-hybridized carbons (Fsp3) is 0.500. The summed E-state index contributed by atoms with van der Waals surface area (Å²) in [6, 6.07) is 3.65. The van der Waals surface area contributed by atoms with Crippen LogP contribution in [0.15, 0.2) is 12.1 Å². The van der Waals surface area contributed by atoms with Crippen molar-refractivity contribution in [1.82, 2.24) is 9.55 Å². The molecule has 0 saturated carbocycles. The number of rotatable bonds is 4. The van der Waals surface area contributed by atoms with Gasteiger partial charge in [-0.2, -0.15) is 0 Å². The van der Waals surface area contributed by atoms with Crippen LogP contribution in [0.2, 0.25) is 10.0 Å². The fourth-order valence-corrected chi connectivity index (χ4v) is 3.19. The number of imidazole rings is 1. The van der Waals surface area contributed by atoms with Crippen LogP contribution in [0.3, 0.4) is 0 Å². The van der Waals surface area contributed by atoms with Gasteiger partial charge in [-0.25, -0.2) is 4.98 Å². The lowest BCUT2D eigenvalue weighted by atomic mass is 10.2. The Balaban J connectivity index is 1.92. The van der Waals surface area contributed by atoms with Crippen molar-refractivity contribution in [3.8, 4) is 0 Å². The molecular weight excluding hydrogens is 319 g/mol. The third kappa shape index (κ3) is 2.77. The van der Waals surface area contributed by atoms with E-state index in [1.165, 1.54) is 0 Å². The Morgan fingerprint density at radius 2 is 2.10 bits per heavy atom. The molecule has 0 aliphatic carbocycles. The molecule has 3 nitrogen and oxygen atoms in total. The van der Waals surface area contributed by atoms with Crippen molar-refractivity contribution in [3.05, 3.63) is 28.0 Å². The first-order valence-corrected chi connectivity index (χ1v) is 8.00. The van der Waals surface area contributed by atoms with Crippen molar-refractivity contribution in [3.63, 3.8) is 0 Å². The van der Waals surface area contributed by atoms with Crippen LogP contribution < -0.4 is 0 Å². The first-order valence-electron chi connectivity index (χ1n) is 6.71. The van der Waals surface area contributed by atoms with Gasteiger partial charge in [-0.1, -0.05) is 23.2 Å². The first-order chi connectivity index (χ1) is 9.69. The van der Waals surface area contributed by atoms with E-state index >= 15 is 0 Å². The molecule has 1 aliphatic rings. The average Bonchev–Trinajstić information content (AvgIpc) is 3.05. The van der Waals surface area contributed by atoms with Crippen LogP contribution in [0.1, 0.15) is 25.1 Å². The SMILES string of the molecule is ClCc1nc2cc(Cl)c(Cl)cc2n1CCC1CCCO1. The smallest absolute Gasteiger partial charge is 0.124 e. The van der Waals surface area contributed by atoms with Gasteiger partial charge in [0.2, 0.25) is 0 Å². The predicted octanol–water partition coefficient (Wildman–Crippen LogP) is 4.65. The highest BCUT2D eigenvalue weighted by atomic mass is 35.5. The number of nitrogens with zero attached hydrogens (tertiary/aromatic N) is 2. The van der Waals surface area contributed by atoms with Crippen molar-refractivity contribution in [2.75, 3.05) is 6.61 Å². The van der Waals surface area contributed by atoms with Gasteiger partial charge in [0.25, 0.3) is 0 Å². The van der Waals surface area contributed by atoms with Crippen LogP contribution in [0, 0.1) is 0 Å². The third-order valence-electron chi connectivity index (χ3n) is 3.69. The second kappa shape index (κ2) is 6.10. The molecule has 1 fully saturated rings. The lowest BCUT2D eigenvalue weighted by molar-refractivity contribution is 0.100. The van der Waals surface area contributed by atoms with E-state index in [1.807, 2.05) is 6.07 Å². The number of aromatic nitrogens is 2. The van der Waals surface area contributed by atoms with E-state index in [2.05, 4.69) is 9.55 Å². The monoisotopic (exact) mass is 332 g/mol. The van der Waals surface area contributed by atoms with Crippen LogP contribution in [-0.2, 0) is 17.2 Å². The summed E-state index contributed by atoms with van der Waals surface area (Å²) >= 11 is 18.1. The molecule has 0 radical (unpaired) electrons. The van der Waals surface area contributed by atoms with E-state index in [0.29, 0.717) is 22.0 Å². The van der Waals surface area contributed by atoms with Crippen LogP contribution in [0.4, 0.5) is 0 Å². The molecule has 2 aromatic rings. The lowest BCUT2D eigenvalue weighted by Gasteiger charge is -2.12. The quantitative estimate of drug-likeness (QED) is 0.761. The minimum atomic E-state index is 0.346. The van der Waals surface area contributed by atoms with E-state index in [1.54, 1.807) is 6.07 Å². The summed E-state index contributed by atoms with van der Waals surface area (Å²) < 4.78 is 7.78.